The minimum atomic E-state index is -0.982. The van der Waals surface area contributed by atoms with Gasteiger partial charge < -0.3 is 30.2 Å². The molecule has 5 atom stereocenters. The van der Waals surface area contributed by atoms with E-state index >= 15 is 0 Å². The van der Waals surface area contributed by atoms with Crippen molar-refractivity contribution in [3.8, 4) is 0 Å². The molecule has 11 nitrogen and oxygen atoms in total. The second kappa shape index (κ2) is 6.92. The van der Waals surface area contributed by atoms with Crippen LogP contribution < -0.4 is 5.73 Å². The fourth-order valence-electron chi connectivity index (χ4n) is 3.91. The molecular formula is C17H23N5O6. The molecule has 2 aliphatic rings. The Morgan fingerprint density at radius 3 is 2.79 bits per heavy atom. The predicted octanol–water partition coefficient (Wildman–Crippen LogP) is 0.299. The van der Waals surface area contributed by atoms with E-state index < -0.39 is 42.2 Å². The molecule has 4 heterocycles. The maximum absolute atomic E-state index is 11.5. The number of hydrogen-bond acceptors (Lipinski definition) is 9. The van der Waals surface area contributed by atoms with Crippen molar-refractivity contribution in [3.63, 3.8) is 0 Å². The average Bonchev–Trinajstić information content (AvgIpc) is 3.27. The van der Waals surface area contributed by atoms with Gasteiger partial charge in [0.05, 0.1) is 18.3 Å². The molecule has 4 N–H and O–H groups in total. The summed E-state index contributed by atoms with van der Waals surface area (Å²) < 4.78 is 19.9. The van der Waals surface area contributed by atoms with Crippen molar-refractivity contribution in [2.45, 2.75) is 57.0 Å². The summed E-state index contributed by atoms with van der Waals surface area (Å²) in [7, 11) is 0. The first-order chi connectivity index (χ1) is 13.3. The molecule has 0 spiro atoms. The van der Waals surface area contributed by atoms with Crippen LogP contribution in [0.2, 0.25) is 0 Å². The summed E-state index contributed by atoms with van der Waals surface area (Å²) in [6.45, 7) is 3.38. The molecule has 0 amide bonds. The number of carboxylic acid groups (broad SMARTS) is 1. The highest BCUT2D eigenvalue weighted by Crippen LogP contribution is 2.45. The number of imidazole rings is 1. The van der Waals surface area contributed by atoms with Gasteiger partial charge in [0.1, 0.15) is 24.1 Å². The number of aliphatic hydroxyl groups excluding tert-OH is 1. The lowest BCUT2D eigenvalue weighted by molar-refractivity contribution is -0.198. The highest BCUT2D eigenvalue weighted by Gasteiger charge is 2.56. The van der Waals surface area contributed by atoms with Crippen LogP contribution in [0.5, 0.6) is 0 Å². The van der Waals surface area contributed by atoms with Gasteiger partial charge >= 0.3 is 5.97 Å². The van der Waals surface area contributed by atoms with Gasteiger partial charge in [-0.3, -0.25) is 9.36 Å². The summed E-state index contributed by atoms with van der Waals surface area (Å²) in [5.74, 6) is -2.31. The summed E-state index contributed by atoms with van der Waals surface area (Å²) in [5, 5.41) is 18.6. The van der Waals surface area contributed by atoms with E-state index in [4.69, 9.17) is 19.9 Å². The maximum atomic E-state index is 11.5. The number of aliphatic hydroxyl groups is 1. The maximum Gasteiger partial charge on any atom is 0.306 e. The molecule has 152 valence electrons. The van der Waals surface area contributed by atoms with E-state index in [0.717, 1.165) is 0 Å². The number of aliphatic carboxylic acids is 1. The van der Waals surface area contributed by atoms with Crippen LogP contribution in [-0.2, 0) is 19.0 Å². The molecule has 2 fully saturated rings. The number of rotatable bonds is 6. The van der Waals surface area contributed by atoms with Crippen molar-refractivity contribution < 1.29 is 29.2 Å². The number of nitrogens with two attached hydrogens (primary N) is 1. The van der Waals surface area contributed by atoms with Crippen molar-refractivity contribution in [1.29, 1.82) is 0 Å². The minimum absolute atomic E-state index is 0.138. The smallest absolute Gasteiger partial charge is 0.306 e. The molecule has 28 heavy (non-hydrogen) atoms. The summed E-state index contributed by atoms with van der Waals surface area (Å²) in [5.41, 5.74) is 6.81. The van der Waals surface area contributed by atoms with Crippen molar-refractivity contribution >= 4 is 23.0 Å². The van der Waals surface area contributed by atoms with E-state index in [9.17, 15) is 15.0 Å². The highest BCUT2D eigenvalue weighted by atomic mass is 16.8. The minimum Gasteiger partial charge on any atom is -0.481 e. The van der Waals surface area contributed by atoms with Crippen molar-refractivity contribution in [3.05, 3.63) is 12.7 Å². The van der Waals surface area contributed by atoms with Crippen LogP contribution in [0, 0.1) is 5.92 Å². The number of nitrogen functional groups attached to an aromatic ring is 1. The first-order valence-corrected chi connectivity index (χ1v) is 9.08. The van der Waals surface area contributed by atoms with Crippen LogP contribution in [0.1, 0.15) is 32.9 Å². The Balaban J connectivity index is 1.66. The lowest BCUT2D eigenvalue weighted by atomic mass is 9.95. The third-order valence-electron chi connectivity index (χ3n) is 5.13. The number of aromatic nitrogens is 4. The molecule has 0 radical (unpaired) electrons. The molecule has 11 heteroatoms. The molecule has 0 saturated carbocycles. The Morgan fingerprint density at radius 2 is 2.07 bits per heavy atom. The van der Waals surface area contributed by atoms with Crippen LogP contribution in [0.3, 0.4) is 0 Å². The molecular weight excluding hydrogens is 370 g/mol. The number of hydrogen-bond donors (Lipinski definition) is 3. The van der Waals surface area contributed by atoms with E-state index in [1.165, 1.54) is 6.33 Å². The molecule has 2 aromatic rings. The fraction of sp³-hybridized carbons (Fsp3) is 0.647. The largest absolute Gasteiger partial charge is 0.481 e. The Kier molecular flexibility index (Phi) is 4.70. The van der Waals surface area contributed by atoms with E-state index in [1.54, 1.807) is 24.7 Å². The zero-order valence-corrected chi connectivity index (χ0v) is 15.6. The van der Waals surface area contributed by atoms with E-state index in [1.807, 2.05) is 0 Å². The van der Waals surface area contributed by atoms with Gasteiger partial charge in [-0.2, -0.15) is 0 Å². The number of carbonyl (C=O) groups is 1. The average molecular weight is 393 g/mol. The third kappa shape index (κ3) is 3.20. The number of carboxylic acids is 1. The Labute approximate surface area is 160 Å². The van der Waals surface area contributed by atoms with Crippen LogP contribution in [0.4, 0.5) is 5.82 Å². The Hall–Kier alpha value is -2.34. The summed E-state index contributed by atoms with van der Waals surface area (Å²) in [6, 6.07) is 0. The monoisotopic (exact) mass is 393 g/mol. The zero-order valence-electron chi connectivity index (χ0n) is 15.6. The predicted molar refractivity (Wildman–Crippen MR) is 94.9 cm³/mol. The fourth-order valence-corrected chi connectivity index (χ4v) is 3.91. The summed E-state index contributed by atoms with van der Waals surface area (Å²) >= 11 is 0. The molecule has 2 aromatic heterocycles. The van der Waals surface area contributed by atoms with Gasteiger partial charge in [0.15, 0.2) is 23.5 Å². The quantitative estimate of drug-likeness (QED) is 0.624. The van der Waals surface area contributed by atoms with E-state index in [0.29, 0.717) is 11.2 Å². The lowest BCUT2D eigenvalue weighted by Crippen LogP contribution is -2.33. The van der Waals surface area contributed by atoms with Crippen molar-refractivity contribution in [1.82, 2.24) is 19.5 Å². The highest BCUT2D eigenvalue weighted by molar-refractivity contribution is 5.81. The molecule has 1 unspecified atom stereocenters. The molecule has 0 aliphatic carbocycles. The SMILES string of the molecule is CC1(C)O[C@@H]2[C@H](O1)[C@@H](CC(CCO)C(=O)O)O[C@H]2n1cnc2c(N)ncnc21. The normalized spacial score (nSPS) is 29.8. The third-order valence-corrected chi connectivity index (χ3v) is 5.13. The molecule has 2 saturated heterocycles. The topological polar surface area (TPSA) is 155 Å². The van der Waals surface area contributed by atoms with Gasteiger partial charge in [0.25, 0.3) is 0 Å². The van der Waals surface area contributed by atoms with Crippen LogP contribution in [0.15, 0.2) is 12.7 Å². The standard InChI is InChI=1S/C17H23N5O6/c1-17(2)27-11-9(5-8(3-4-23)16(24)25)26-15(12(11)28-17)22-7-21-10-13(18)19-6-20-14(10)22/h6-9,11-12,15,23H,3-5H2,1-2H3,(H,24,25)(H2,18,19,20)/t8?,9-,11-,12-,15-/m1/s1. The zero-order chi connectivity index (χ0) is 20.1. The van der Waals surface area contributed by atoms with Crippen molar-refractivity contribution in [2.75, 3.05) is 12.3 Å². The number of anilines is 1. The Bertz CT molecular complexity index is 886. The first kappa shape index (κ1) is 19.0. The first-order valence-electron chi connectivity index (χ1n) is 9.08. The lowest BCUT2D eigenvalue weighted by Gasteiger charge is -2.25. The van der Waals surface area contributed by atoms with Gasteiger partial charge in [-0.25, -0.2) is 15.0 Å². The molecule has 4 rings (SSSR count). The van der Waals surface area contributed by atoms with Crippen molar-refractivity contribution in [2.24, 2.45) is 5.92 Å². The van der Waals surface area contributed by atoms with E-state index in [2.05, 4.69) is 15.0 Å². The Morgan fingerprint density at radius 1 is 1.32 bits per heavy atom. The summed E-state index contributed by atoms with van der Waals surface area (Å²) in [4.78, 5) is 24.0. The number of fused-ring (bicyclic) bond motifs is 2. The second-order valence-corrected chi connectivity index (χ2v) is 7.50. The number of nitrogens with zero attached hydrogens (tertiary/aromatic N) is 4. The summed E-state index contributed by atoms with van der Waals surface area (Å²) in [6.07, 6.45) is 1.15. The van der Waals surface area contributed by atoms with Gasteiger partial charge in [-0.15, -0.1) is 0 Å². The van der Waals surface area contributed by atoms with Gasteiger partial charge in [0.2, 0.25) is 0 Å². The van der Waals surface area contributed by atoms with Gasteiger partial charge in [-0.1, -0.05) is 0 Å². The van der Waals surface area contributed by atoms with E-state index in [-0.39, 0.29) is 25.3 Å². The van der Waals surface area contributed by atoms with Gasteiger partial charge in [-0.05, 0) is 26.7 Å². The molecule has 2 aliphatic heterocycles. The molecule has 0 aromatic carbocycles. The van der Waals surface area contributed by atoms with Crippen LogP contribution in [-0.4, -0.2) is 66.4 Å². The second-order valence-electron chi connectivity index (χ2n) is 7.50. The number of ether oxygens (including phenoxy) is 3. The van der Waals surface area contributed by atoms with Gasteiger partial charge in [0, 0.05) is 6.61 Å². The molecule has 0 bridgehead atoms. The van der Waals surface area contributed by atoms with Crippen LogP contribution in [0.25, 0.3) is 11.2 Å². The van der Waals surface area contributed by atoms with Crippen LogP contribution >= 0.6 is 0 Å².